The number of halogens is 1. The predicted molar refractivity (Wildman–Crippen MR) is 106 cm³/mol. The minimum absolute atomic E-state index is 0.178. The molecule has 0 spiro atoms. The minimum Gasteiger partial charge on any atom is -0.455 e. The first-order valence-corrected chi connectivity index (χ1v) is 9.15. The first-order chi connectivity index (χ1) is 11.7. The summed E-state index contributed by atoms with van der Waals surface area (Å²) in [6, 6.07) is 19.9. The Bertz CT molecular complexity index is 578. The van der Waals surface area contributed by atoms with Gasteiger partial charge in [-0.25, -0.2) is 0 Å². The second-order valence-corrected chi connectivity index (χ2v) is 7.58. The summed E-state index contributed by atoms with van der Waals surface area (Å²) in [6.07, 6.45) is 0.354. The summed E-state index contributed by atoms with van der Waals surface area (Å²) in [5.41, 5.74) is 1.28. The maximum atomic E-state index is 12.4. The lowest BCUT2D eigenvalue weighted by Crippen LogP contribution is -2.30. The maximum absolute atomic E-state index is 12.4. The van der Waals surface area contributed by atoms with E-state index in [4.69, 9.17) is 16.3 Å². The molecule has 2 nitrogen and oxygen atoms in total. The van der Waals surface area contributed by atoms with E-state index in [0.717, 1.165) is 17.0 Å². The van der Waals surface area contributed by atoms with Gasteiger partial charge in [-0.05, 0) is 25.0 Å². The van der Waals surface area contributed by atoms with Crippen molar-refractivity contribution in [3.05, 3.63) is 71.8 Å². The van der Waals surface area contributed by atoms with Crippen LogP contribution in [-0.4, -0.2) is 11.8 Å². The number of carbonyl (C=O) groups is 1. The van der Waals surface area contributed by atoms with Crippen molar-refractivity contribution in [2.24, 2.45) is 0 Å². The molecule has 0 aliphatic carbocycles. The van der Waals surface area contributed by atoms with Gasteiger partial charge >= 0.3 is 5.97 Å². The van der Waals surface area contributed by atoms with E-state index in [1.165, 1.54) is 0 Å². The number of rotatable bonds is 5. The number of esters is 1. The van der Waals surface area contributed by atoms with E-state index in [9.17, 15) is 4.79 Å². The molecule has 0 aliphatic rings. The summed E-state index contributed by atoms with van der Waals surface area (Å²) in [4.78, 5) is 12.4. The number of benzene rings is 2. The minimum atomic E-state index is -0.620. The molecule has 0 saturated heterocycles. The van der Waals surface area contributed by atoms with E-state index < -0.39 is 5.60 Å². The van der Waals surface area contributed by atoms with Crippen molar-refractivity contribution in [1.29, 1.82) is 0 Å². The number of alkyl halides is 1. The zero-order valence-corrected chi connectivity index (χ0v) is 16.6. The van der Waals surface area contributed by atoms with Crippen LogP contribution in [0.25, 0.3) is 0 Å². The molecule has 0 bridgehead atoms. The fourth-order valence-electron chi connectivity index (χ4n) is 2.57. The Morgan fingerprint density at radius 2 is 1.28 bits per heavy atom. The molecule has 0 fully saturated rings. The number of hydrogen-bond donors (Lipinski definition) is 0. The van der Waals surface area contributed by atoms with Crippen LogP contribution < -0.4 is 0 Å². The van der Waals surface area contributed by atoms with E-state index in [-0.39, 0.29) is 11.4 Å². The monoisotopic (exact) mass is 360 g/mol. The van der Waals surface area contributed by atoms with Crippen LogP contribution in [0.2, 0.25) is 0 Å². The Labute approximate surface area is 157 Å². The van der Waals surface area contributed by atoms with E-state index in [1.54, 1.807) is 0 Å². The first kappa shape index (κ1) is 21.2. The summed E-state index contributed by atoms with van der Waals surface area (Å²) in [7, 11) is 0. The van der Waals surface area contributed by atoms with Crippen molar-refractivity contribution in [3.8, 4) is 0 Å². The molecule has 25 heavy (non-hydrogen) atoms. The van der Waals surface area contributed by atoms with Gasteiger partial charge in [0.05, 0.1) is 6.42 Å². The highest BCUT2D eigenvalue weighted by atomic mass is 35.5. The molecule has 0 amide bonds. The SMILES string of the molecule is CC(C)(CC(=O)OC(C)(C)c1ccccc1)c1ccccc1.CCCl. The zero-order chi connectivity index (χ0) is 18.9. The molecule has 0 N–H and O–H groups in total. The van der Waals surface area contributed by atoms with Gasteiger partial charge in [-0.1, -0.05) is 81.4 Å². The van der Waals surface area contributed by atoms with Crippen LogP contribution in [0.1, 0.15) is 52.2 Å². The predicted octanol–water partition coefficient (Wildman–Crippen LogP) is 6.08. The molecule has 2 rings (SSSR count). The lowest BCUT2D eigenvalue weighted by molar-refractivity contribution is -0.158. The summed E-state index contributed by atoms with van der Waals surface area (Å²) < 4.78 is 5.74. The third kappa shape index (κ3) is 6.91. The highest BCUT2D eigenvalue weighted by Gasteiger charge is 2.30. The van der Waals surface area contributed by atoms with Gasteiger partial charge in [0, 0.05) is 11.3 Å². The largest absolute Gasteiger partial charge is 0.455 e. The number of hydrogen-bond acceptors (Lipinski definition) is 2. The van der Waals surface area contributed by atoms with Crippen LogP contribution in [0.3, 0.4) is 0 Å². The average molecular weight is 361 g/mol. The fraction of sp³-hybridized carbons (Fsp3) is 0.409. The molecular formula is C22H29ClO2. The average Bonchev–Trinajstić information content (AvgIpc) is 2.56. The third-order valence-corrected chi connectivity index (χ3v) is 3.98. The molecule has 2 aromatic carbocycles. The summed E-state index contributed by atoms with van der Waals surface area (Å²) in [5.74, 6) is 0.544. The molecule has 2 aromatic rings. The molecule has 0 heterocycles. The standard InChI is InChI=1S/C20H24O2.C2H5Cl/c1-19(2,16-11-7-5-8-12-16)15-18(21)22-20(3,4)17-13-9-6-10-14-17;1-2-3/h5-14H,15H2,1-4H3;2H2,1H3. The van der Waals surface area contributed by atoms with Gasteiger partial charge in [0.2, 0.25) is 0 Å². The van der Waals surface area contributed by atoms with Crippen molar-refractivity contribution in [2.45, 2.75) is 52.1 Å². The number of carbonyl (C=O) groups excluding carboxylic acids is 1. The zero-order valence-electron chi connectivity index (χ0n) is 15.9. The molecule has 136 valence electrons. The van der Waals surface area contributed by atoms with Crippen LogP contribution in [0, 0.1) is 0 Å². The van der Waals surface area contributed by atoms with Crippen LogP contribution >= 0.6 is 11.6 Å². The van der Waals surface area contributed by atoms with Gasteiger partial charge in [0.1, 0.15) is 5.60 Å². The van der Waals surface area contributed by atoms with Gasteiger partial charge in [-0.3, -0.25) is 4.79 Å². The van der Waals surface area contributed by atoms with Crippen LogP contribution in [0.5, 0.6) is 0 Å². The molecule has 0 saturated carbocycles. The van der Waals surface area contributed by atoms with E-state index in [1.807, 2.05) is 69.3 Å². The lowest BCUT2D eigenvalue weighted by atomic mass is 9.81. The highest BCUT2D eigenvalue weighted by Crippen LogP contribution is 2.30. The molecule has 3 heteroatoms. The van der Waals surface area contributed by atoms with E-state index in [0.29, 0.717) is 6.42 Å². The fourth-order valence-corrected chi connectivity index (χ4v) is 2.57. The molecular weight excluding hydrogens is 332 g/mol. The first-order valence-electron chi connectivity index (χ1n) is 8.62. The Morgan fingerprint density at radius 1 is 0.880 bits per heavy atom. The van der Waals surface area contributed by atoms with Gasteiger partial charge < -0.3 is 4.74 Å². The smallest absolute Gasteiger partial charge is 0.307 e. The Morgan fingerprint density at radius 3 is 1.72 bits per heavy atom. The summed E-state index contributed by atoms with van der Waals surface area (Å²) in [6.45, 7) is 9.88. The van der Waals surface area contributed by atoms with Gasteiger partial charge in [-0.15, -0.1) is 11.6 Å². The van der Waals surface area contributed by atoms with Gasteiger partial charge in [-0.2, -0.15) is 0 Å². The van der Waals surface area contributed by atoms with E-state index >= 15 is 0 Å². The molecule has 0 unspecified atom stereocenters. The van der Waals surface area contributed by atoms with Crippen LogP contribution in [-0.2, 0) is 20.5 Å². The maximum Gasteiger partial charge on any atom is 0.307 e. The molecule has 0 aromatic heterocycles. The second-order valence-electron chi connectivity index (χ2n) is 7.04. The van der Waals surface area contributed by atoms with E-state index in [2.05, 4.69) is 26.0 Å². The van der Waals surface area contributed by atoms with Gasteiger partial charge in [0.25, 0.3) is 0 Å². The third-order valence-electron chi connectivity index (χ3n) is 3.98. The van der Waals surface area contributed by atoms with Crippen molar-refractivity contribution in [3.63, 3.8) is 0 Å². The topological polar surface area (TPSA) is 26.3 Å². The van der Waals surface area contributed by atoms with Crippen LogP contribution in [0.4, 0.5) is 0 Å². The summed E-state index contributed by atoms with van der Waals surface area (Å²) in [5, 5.41) is 0. The Kier molecular flexibility index (Phi) is 8.18. The van der Waals surface area contributed by atoms with Crippen molar-refractivity contribution >= 4 is 17.6 Å². The second kappa shape index (κ2) is 9.62. The molecule has 0 atom stereocenters. The Balaban J connectivity index is 0.000000970. The quantitative estimate of drug-likeness (QED) is 0.477. The highest BCUT2D eigenvalue weighted by molar-refractivity contribution is 6.17. The van der Waals surface area contributed by atoms with Gasteiger partial charge in [0.15, 0.2) is 0 Å². The molecule has 0 radical (unpaired) electrons. The van der Waals surface area contributed by atoms with Crippen molar-refractivity contribution in [2.75, 3.05) is 5.88 Å². The Hall–Kier alpha value is -1.80. The lowest BCUT2D eigenvalue weighted by Gasteiger charge is -2.29. The normalized spacial score (nSPS) is 11.3. The van der Waals surface area contributed by atoms with Crippen molar-refractivity contribution < 1.29 is 9.53 Å². The van der Waals surface area contributed by atoms with Crippen molar-refractivity contribution in [1.82, 2.24) is 0 Å². The molecule has 0 aliphatic heterocycles. The van der Waals surface area contributed by atoms with Crippen LogP contribution in [0.15, 0.2) is 60.7 Å². The summed E-state index contributed by atoms with van der Waals surface area (Å²) >= 11 is 5.00. The number of ether oxygens (including phenoxy) is 1.